The normalized spacial score (nSPS) is 15.6. The second-order valence-electron chi connectivity index (χ2n) is 7.95. The van der Waals surface area contributed by atoms with Gasteiger partial charge < -0.3 is 9.42 Å². The molecule has 1 amide bonds. The summed E-state index contributed by atoms with van der Waals surface area (Å²) in [7, 11) is 0. The number of carbonyl (C=O) groups excluding carboxylic acids is 1. The molecule has 6 nitrogen and oxygen atoms in total. The molecule has 1 aliphatic rings. The zero-order valence-corrected chi connectivity index (χ0v) is 19.5. The molecule has 0 radical (unpaired) electrons. The number of thiazole rings is 1. The zero-order valence-electron chi connectivity index (χ0n) is 17.9. The minimum Gasteiger partial charge on any atom is -0.337 e. The van der Waals surface area contributed by atoms with Crippen LogP contribution in [0.1, 0.15) is 45.0 Å². The molecule has 8 heteroatoms. The summed E-state index contributed by atoms with van der Waals surface area (Å²) in [4.78, 5) is 25.2. The molecule has 1 fully saturated rings. The van der Waals surface area contributed by atoms with Crippen LogP contribution in [0.4, 0.5) is 0 Å². The molecule has 0 N–H and O–H groups in total. The second-order valence-corrected chi connectivity index (χ2v) is 9.56. The van der Waals surface area contributed by atoms with Gasteiger partial charge in [0.05, 0.1) is 9.88 Å². The topological polar surface area (TPSA) is 72.1 Å². The van der Waals surface area contributed by atoms with Gasteiger partial charge in [-0.05, 0) is 44.4 Å². The van der Waals surface area contributed by atoms with Crippen LogP contribution in [0.15, 0.2) is 47.0 Å². The lowest BCUT2D eigenvalue weighted by Crippen LogP contribution is -2.45. The van der Waals surface area contributed by atoms with Crippen LogP contribution in [0.5, 0.6) is 0 Å². The monoisotopic (exact) mass is 464 g/mol. The molecule has 32 heavy (non-hydrogen) atoms. The van der Waals surface area contributed by atoms with Gasteiger partial charge in [0.2, 0.25) is 11.7 Å². The molecule has 5 rings (SSSR count). The highest BCUT2D eigenvalue weighted by molar-refractivity contribution is 7.15. The fraction of sp³-hybridized carbons (Fsp3) is 0.250. The summed E-state index contributed by atoms with van der Waals surface area (Å²) in [5.74, 6) is 0.798. The second kappa shape index (κ2) is 8.15. The lowest BCUT2D eigenvalue weighted by molar-refractivity contribution is 0.0374. The van der Waals surface area contributed by atoms with E-state index in [4.69, 9.17) is 16.1 Å². The summed E-state index contributed by atoms with van der Waals surface area (Å²) in [6.07, 6.45) is 0.769. The van der Waals surface area contributed by atoms with E-state index >= 15 is 0 Å². The van der Waals surface area contributed by atoms with Crippen molar-refractivity contribution in [2.75, 3.05) is 6.54 Å². The van der Waals surface area contributed by atoms with Crippen molar-refractivity contribution < 1.29 is 9.32 Å². The molecule has 4 aromatic rings. The summed E-state index contributed by atoms with van der Waals surface area (Å²) in [5, 5.41) is 5.65. The fourth-order valence-corrected chi connectivity index (χ4v) is 4.92. The van der Waals surface area contributed by atoms with E-state index in [1.807, 2.05) is 63.2 Å². The standard InChI is InChI=1S/C24H21ClN4O2S/c1-13-7-9-16(10-8-13)21-20(26-15(3)32-21)24(30)29-12-11-19(29)23-27-22(28-31-23)17-5-4-6-18(25)14(17)2/h4-10,19H,11-12H2,1-3H3/t19-/m0/s1. The number of likely N-dealkylation sites (tertiary alicyclic amines) is 1. The molecule has 0 bridgehead atoms. The molecule has 3 heterocycles. The van der Waals surface area contributed by atoms with Crippen LogP contribution in [0.3, 0.4) is 0 Å². The molecule has 162 valence electrons. The van der Waals surface area contributed by atoms with E-state index in [0.29, 0.717) is 29.0 Å². The largest absolute Gasteiger partial charge is 0.337 e. The van der Waals surface area contributed by atoms with Crippen molar-refractivity contribution in [1.82, 2.24) is 20.0 Å². The minimum atomic E-state index is -0.254. The first-order valence-corrected chi connectivity index (χ1v) is 11.6. The first kappa shape index (κ1) is 20.8. The number of aromatic nitrogens is 3. The van der Waals surface area contributed by atoms with Gasteiger partial charge in [-0.1, -0.05) is 58.7 Å². The van der Waals surface area contributed by atoms with Gasteiger partial charge in [0.25, 0.3) is 5.91 Å². The molecule has 0 saturated carbocycles. The van der Waals surface area contributed by atoms with Crippen LogP contribution >= 0.6 is 22.9 Å². The SMILES string of the molecule is Cc1ccc(-c2sc(C)nc2C(=O)N2CC[C@H]2c2nc(-c3cccc(Cl)c3C)no2)cc1. The molecular formula is C24H21ClN4O2S. The van der Waals surface area contributed by atoms with Crippen molar-refractivity contribution in [2.24, 2.45) is 0 Å². The lowest BCUT2D eigenvalue weighted by Gasteiger charge is -2.38. The van der Waals surface area contributed by atoms with E-state index in [1.54, 1.807) is 4.90 Å². The molecule has 1 aliphatic heterocycles. The number of carbonyl (C=O) groups is 1. The number of aryl methyl sites for hydroxylation is 2. The van der Waals surface area contributed by atoms with Crippen molar-refractivity contribution in [3.63, 3.8) is 0 Å². The van der Waals surface area contributed by atoms with E-state index in [0.717, 1.165) is 33.0 Å². The predicted molar refractivity (Wildman–Crippen MR) is 125 cm³/mol. The van der Waals surface area contributed by atoms with Crippen LogP contribution in [-0.2, 0) is 0 Å². The Labute approximate surface area is 194 Å². The quantitative estimate of drug-likeness (QED) is 0.369. The fourth-order valence-electron chi connectivity index (χ4n) is 3.83. The number of rotatable bonds is 4. The van der Waals surface area contributed by atoms with E-state index in [9.17, 15) is 4.79 Å². The smallest absolute Gasteiger partial charge is 0.274 e. The van der Waals surface area contributed by atoms with Gasteiger partial charge >= 0.3 is 0 Å². The Hall–Kier alpha value is -3.03. The highest BCUT2D eigenvalue weighted by Crippen LogP contribution is 2.38. The average molecular weight is 465 g/mol. The average Bonchev–Trinajstić information content (AvgIpc) is 3.37. The lowest BCUT2D eigenvalue weighted by atomic mass is 10.0. The van der Waals surface area contributed by atoms with Gasteiger partial charge in [0.15, 0.2) is 0 Å². The molecular weight excluding hydrogens is 444 g/mol. The van der Waals surface area contributed by atoms with Gasteiger partial charge in [0, 0.05) is 17.1 Å². The number of amides is 1. The van der Waals surface area contributed by atoms with Gasteiger partial charge in [-0.3, -0.25) is 4.79 Å². The van der Waals surface area contributed by atoms with Gasteiger partial charge in [-0.25, -0.2) is 4.98 Å². The van der Waals surface area contributed by atoms with Gasteiger partial charge in [-0.2, -0.15) is 4.98 Å². The summed E-state index contributed by atoms with van der Waals surface area (Å²) >= 11 is 7.77. The van der Waals surface area contributed by atoms with Gasteiger partial charge in [-0.15, -0.1) is 11.3 Å². The van der Waals surface area contributed by atoms with Crippen LogP contribution in [0.25, 0.3) is 21.8 Å². The molecule has 2 aromatic carbocycles. The minimum absolute atomic E-state index is 0.111. The Bertz CT molecular complexity index is 1310. The highest BCUT2D eigenvalue weighted by Gasteiger charge is 2.39. The van der Waals surface area contributed by atoms with Crippen LogP contribution < -0.4 is 0 Å². The summed E-state index contributed by atoms with van der Waals surface area (Å²) < 4.78 is 5.55. The maximum atomic E-state index is 13.4. The summed E-state index contributed by atoms with van der Waals surface area (Å²) in [6, 6.07) is 13.5. The number of benzene rings is 2. The molecule has 1 saturated heterocycles. The van der Waals surface area contributed by atoms with Crippen molar-refractivity contribution in [2.45, 2.75) is 33.2 Å². The third kappa shape index (κ3) is 3.61. The Kier molecular flexibility index (Phi) is 5.31. The molecule has 0 aliphatic carbocycles. The van der Waals surface area contributed by atoms with E-state index in [1.165, 1.54) is 16.9 Å². The molecule has 0 unspecified atom stereocenters. The molecule has 1 atom stereocenters. The van der Waals surface area contributed by atoms with Crippen molar-refractivity contribution in [3.8, 4) is 21.8 Å². The maximum absolute atomic E-state index is 13.4. The third-order valence-corrected chi connectivity index (χ3v) is 7.20. The Morgan fingerprint density at radius 2 is 1.91 bits per heavy atom. The van der Waals surface area contributed by atoms with Crippen molar-refractivity contribution in [3.05, 3.63) is 75.2 Å². The third-order valence-electron chi connectivity index (χ3n) is 5.77. The van der Waals surface area contributed by atoms with E-state index in [2.05, 4.69) is 15.1 Å². The Morgan fingerprint density at radius 3 is 2.62 bits per heavy atom. The zero-order chi connectivity index (χ0) is 22.4. The van der Waals surface area contributed by atoms with E-state index in [-0.39, 0.29) is 11.9 Å². The van der Waals surface area contributed by atoms with Crippen LogP contribution in [0.2, 0.25) is 5.02 Å². The first-order chi connectivity index (χ1) is 15.4. The maximum Gasteiger partial charge on any atom is 0.274 e. The number of nitrogens with zero attached hydrogens (tertiary/aromatic N) is 4. The molecule has 2 aromatic heterocycles. The van der Waals surface area contributed by atoms with Crippen molar-refractivity contribution >= 4 is 28.8 Å². The first-order valence-electron chi connectivity index (χ1n) is 10.4. The number of hydrogen-bond donors (Lipinski definition) is 0. The summed E-state index contributed by atoms with van der Waals surface area (Å²) in [6.45, 7) is 6.51. The highest BCUT2D eigenvalue weighted by atomic mass is 35.5. The Morgan fingerprint density at radius 1 is 1.12 bits per heavy atom. The summed E-state index contributed by atoms with van der Waals surface area (Å²) in [5.41, 5.74) is 4.36. The van der Waals surface area contributed by atoms with Crippen LogP contribution in [-0.4, -0.2) is 32.5 Å². The Balaban J connectivity index is 1.42. The molecule has 0 spiro atoms. The van der Waals surface area contributed by atoms with E-state index < -0.39 is 0 Å². The predicted octanol–water partition coefficient (Wildman–Crippen LogP) is 6.03. The van der Waals surface area contributed by atoms with Gasteiger partial charge in [0.1, 0.15) is 11.7 Å². The number of hydrogen-bond acceptors (Lipinski definition) is 6. The van der Waals surface area contributed by atoms with Crippen LogP contribution in [0, 0.1) is 20.8 Å². The number of halogens is 1. The van der Waals surface area contributed by atoms with Crippen molar-refractivity contribution in [1.29, 1.82) is 0 Å².